The molecule has 4 N–H and O–H groups in total. The van der Waals surface area contributed by atoms with Gasteiger partial charge in [-0.25, -0.2) is 45.0 Å². The van der Waals surface area contributed by atoms with E-state index in [4.69, 9.17) is 16.7 Å². The number of hydrogen-bond acceptors (Lipinski definition) is 10. The standard InChI is InChI=1S/C15H13ClN6O7S4.Ag/c16-9-1-5-11(6-2-9)32(26,27)21-13(23)18-10-3-7-12(8-4-10)33(28,29)22-14-19-20-15(30-14)31(17,24)25;/h1-8H,(H5,17,18,19,21,22,23,24,25);/q;+1/p-1. The van der Waals surface area contributed by atoms with Gasteiger partial charge in [-0.15, -0.1) is 11.3 Å². The van der Waals surface area contributed by atoms with Crippen LogP contribution in [0.4, 0.5) is 15.6 Å². The number of halogens is 1. The maximum absolute atomic E-state index is 12.4. The number of aromatic nitrogens is 2. The predicted octanol–water partition coefficient (Wildman–Crippen LogP) is 1.74. The Morgan fingerprint density at radius 3 is 2.00 bits per heavy atom. The third-order valence-electron chi connectivity index (χ3n) is 3.60. The molecule has 19 heteroatoms. The number of rotatable bonds is 7. The number of anilines is 1. The molecular weight excluding hydrogens is 648 g/mol. The topological polar surface area (TPSA) is 209 Å². The fourth-order valence-corrected chi connectivity index (χ4v) is 5.64. The summed E-state index contributed by atoms with van der Waals surface area (Å²) in [6.45, 7) is 0. The van der Waals surface area contributed by atoms with Crippen molar-refractivity contribution in [2.75, 3.05) is 5.32 Å². The van der Waals surface area contributed by atoms with Crippen LogP contribution >= 0.6 is 22.9 Å². The molecule has 3 aromatic rings. The number of nitrogens with zero attached hydrogens (tertiary/aromatic N) is 3. The minimum atomic E-state index is -4.30. The molecule has 0 fully saturated rings. The van der Waals surface area contributed by atoms with Crippen molar-refractivity contribution in [3.05, 3.63) is 58.3 Å². The summed E-state index contributed by atoms with van der Waals surface area (Å²) >= 11 is 6.07. The molecule has 0 saturated heterocycles. The van der Waals surface area contributed by atoms with E-state index >= 15 is 0 Å². The molecule has 0 unspecified atom stereocenters. The van der Waals surface area contributed by atoms with Crippen molar-refractivity contribution in [1.29, 1.82) is 0 Å². The molecule has 0 saturated carbocycles. The summed E-state index contributed by atoms with van der Waals surface area (Å²) in [5.41, 5.74) is 0.0742. The normalized spacial score (nSPS) is 11.8. The van der Waals surface area contributed by atoms with Crippen LogP contribution in [0.3, 0.4) is 0 Å². The summed E-state index contributed by atoms with van der Waals surface area (Å²) in [5.74, 6) is 0. The van der Waals surface area contributed by atoms with Gasteiger partial charge in [0.1, 0.15) is 0 Å². The molecule has 0 aliphatic heterocycles. The van der Waals surface area contributed by atoms with Gasteiger partial charge < -0.3 is 15.1 Å². The zero-order valence-corrected chi connectivity index (χ0v) is 21.7. The number of carbonyl (C=O) groups excluding carboxylic acids is 1. The average molecular weight is 660 g/mol. The number of nitrogens with two attached hydrogens (primary N) is 1. The number of nitrogens with one attached hydrogen (secondary N) is 2. The van der Waals surface area contributed by atoms with Crippen LogP contribution in [-0.2, 0) is 52.5 Å². The summed E-state index contributed by atoms with van der Waals surface area (Å²) in [5, 5.41) is 13.6. The van der Waals surface area contributed by atoms with Crippen molar-refractivity contribution in [2.24, 2.45) is 5.14 Å². The zero-order chi connectivity index (χ0) is 24.4. The minimum Gasteiger partial charge on any atom is -0.342 e. The molecule has 2 amide bonds. The van der Waals surface area contributed by atoms with Crippen LogP contribution in [0.15, 0.2) is 62.7 Å². The first-order valence-electron chi connectivity index (χ1n) is 8.30. The first-order valence-corrected chi connectivity index (χ1v) is 14.0. The number of urea groups is 1. The van der Waals surface area contributed by atoms with Crippen molar-refractivity contribution >= 4 is 69.9 Å². The molecule has 0 radical (unpaired) electrons. The number of amides is 2. The van der Waals surface area contributed by atoms with Gasteiger partial charge in [-0.1, -0.05) is 11.6 Å². The van der Waals surface area contributed by atoms with Gasteiger partial charge in [-0.3, -0.25) is 0 Å². The van der Waals surface area contributed by atoms with Crippen LogP contribution in [0.25, 0.3) is 4.72 Å². The van der Waals surface area contributed by atoms with E-state index in [1.165, 1.54) is 36.4 Å². The van der Waals surface area contributed by atoms with Crippen LogP contribution in [0, 0.1) is 0 Å². The molecule has 0 bridgehead atoms. The second-order valence-corrected chi connectivity index (χ2v) is 12.4. The molecule has 0 aliphatic rings. The molecule has 34 heavy (non-hydrogen) atoms. The molecule has 0 spiro atoms. The van der Waals surface area contributed by atoms with Crippen LogP contribution in [0.5, 0.6) is 0 Å². The van der Waals surface area contributed by atoms with E-state index in [1.54, 1.807) is 4.72 Å². The third-order valence-corrected chi connectivity index (χ3v) is 8.72. The molecule has 13 nitrogen and oxygen atoms in total. The second kappa shape index (κ2) is 10.7. The van der Waals surface area contributed by atoms with E-state index in [0.29, 0.717) is 16.4 Å². The van der Waals surface area contributed by atoms with E-state index in [0.717, 1.165) is 12.1 Å². The van der Waals surface area contributed by atoms with Crippen LogP contribution in [-0.4, -0.2) is 41.5 Å². The van der Waals surface area contributed by atoms with Crippen LogP contribution in [0.2, 0.25) is 5.02 Å². The molecule has 186 valence electrons. The summed E-state index contributed by atoms with van der Waals surface area (Å²) in [4.78, 5) is 11.5. The van der Waals surface area contributed by atoms with Crippen LogP contribution in [0.1, 0.15) is 0 Å². The Morgan fingerprint density at radius 1 is 0.912 bits per heavy atom. The van der Waals surface area contributed by atoms with E-state index < -0.39 is 45.6 Å². The number of hydrogen-bond donors (Lipinski definition) is 3. The summed E-state index contributed by atoms with van der Waals surface area (Å²) < 4.78 is 76.1. The van der Waals surface area contributed by atoms with Crippen molar-refractivity contribution in [3.8, 4) is 0 Å². The van der Waals surface area contributed by atoms with Gasteiger partial charge in [0.25, 0.3) is 20.0 Å². The van der Waals surface area contributed by atoms with Gasteiger partial charge in [0, 0.05) is 15.8 Å². The van der Waals surface area contributed by atoms with Gasteiger partial charge in [0.15, 0.2) is 0 Å². The van der Waals surface area contributed by atoms with Gasteiger partial charge in [0.05, 0.1) is 9.79 Å². The van der Waals surface area contributed by atoms with Crippen molar-refractivity contribution in [3.63, 3.8) is 0 Å². The average Bonchev–Trinajstić information content (AvgIpc) is 3.16. The molecule has 0 atom stereocenters. The molecule has 2 aromatic carbocycles. The molecule has 1 heterocycles. The second-order valence-electron chi connectivity index (χ2n) is 6.00. The first-order chi connectivity index (χ1) is 15.3. The molecule has 3 rings (SSSR count). The van der Waals surface area contributed by atoms with Gasteiger partial charge in [0.2, 0.25) is 14.4 Å². The quantitative estimate of drug-likeness (QED) is 0.315. The van der Waals surface area contributed by atoms with Gasteiger partial charge in [-0.2, -0.15) is 0 Å². The number of benzene rings is 2. The van der Waals surface area contributed by atoms with Crippen molar-refractivity contribution in [2.45, 2.75) is 14.1 Å². The number of carbonyl (C=O) groups is 1. The Kier molecular flexibility index (Phi) is 8.83. The first kappa shape index (κ1) is 28.1. The van der Waals surface area contributed by atoms with Gasteiger partial charge >= 0.3 is 28.4 Å². The monoisotopic (exact) mass is 658 g/mol. The van der Waals surface area contributed by atoms with E-state index in [9.17, 15) is 30.0 Å². The summed E-state index contributed by atoms with van der Waals surface area (Å²) in [6, 6.07) is 8.57. The van der Waals surface area contributed by atoms with Gasteiger partial charge in [-0.05, 0) is 48.5 Å². The zero-order valence-electron chi connectivity index (χ0n) is 16.2. The van der Waals surface area contributed by atoms with Crippen molar-refractivity contribution in [1.82, 2.24) is 14.9 Å². The SMILES string of the molecule is NS(=O)(=O)c1nnc([N-]S(=O)(=O)c2ccc(NC(=O)NS(=O)(=O)c3ccc(Cl)cc3)cc2)s1.[Ag+]. The minimum absolute atomic E-state index is 0. The predicted molar refractivity (Wildman–Crippen MR) is 119 cm³/mol. The summed E-state index contributed by atoms with van der Waals surface area (Å²) in [7, 11) is -12.6. The maximum atomic E-state index is 12.4. The van der Waals surface area contributed by atoms with E-state index in [1.807, 2.05) is 0 Å². The fraction of sp³-hybridized carbons (Fsp3) is 0. The summed E-state index contributed by atoms with van der Waals surface area (Å²) in [6.07, 6.45) is 0. The van der Waals surface area contributed by atoms with E-state index in [2.05, 4.69) is 20.2 Å². The maximum Gasteiger partial charge on any atom is 1.00 e. The Morgan fingerprint density at radius 2 is 1.47 bits per heavy atom. The van der Waals surface area contributed by atoms with Crippen LogP contribution < -0.4 is 15.2 Å². The number of sulfonamides is 3. The molecular formula is C15H12AgClN6O7S4. The smallest absolute Gasteiger partial charge is 0.342 e. The Hall–Kier alpha value is -2.09. The van der Waals surface area contributed by atoms with Crippen molar-refractivity contribution < 1.29 is 52.4 Å². The molecule has 0 aliphatic carbocycles. The Labute approximate surface area is 218 Å². The third kappa shape index (κ3) is 7.20. The fourth-order valence-electron chi connectivity index (χ4n) is 2.17. The molecule has 1 aromatic heterocycles. The van der Waals surface area contributed by atoms with E-state index in [-0.39, 0.29) is 37.9 Å². The Bertz CT molecular complexity index is 1510. The Balaban J connectivity index is 0.00000408. The largest absolute Gasteiger partial charge is 1.00 e. The number of primary sulfonamides is 1.